The first-order valence-electron chi connectivity index (χ1n) is 6.65. The number of hydrogen-bond acceptors (Lipinski definition) is 5. The molecular formula is C13H17N5O3. The highest BCUT2D eigenvalue weighted by Gasteiger charge is 2.12. The van der Waals surface area contributed by atoms with Crippen LogP contribution in [-0.2, 0) is 0 Å². The molecule has 0 radical (unpaired) electrons. The Labute approximate surface area is 119 Å². The van der Waals surface area contributed by atoms with Crippen molar-refractivity contribution in [3.05, 3.63) is 38.2 Å². The normalized spacial score (nSPS) is 10.8. The molecule has 2 aromatic heterocycles. The number of aromatic nitrogens is 3. The molecule has 0 atom stereocenters. The number of fused-ring (bicyclic) bond motifs is 1. The summed E-state index contributed by atoms with van der Waals surface area (Å²) < 4.78 is 0. The third-order valence-corrected chi connectivity index (χ3v) is 3.05. The molecule has 2 heterocycles. The van der Waals surface area contributed by atoms with Crippen LogP contribution in [0.15, 0.2) is 15.7 Å². The molecule has 112 valence electrons. The third-order valence-electron chi connectivity index (χ3n) is 3.05. The average molecular weight is 291 g/mol. The summed E-state index contributed by atoms with van der Waals surface area (Å²) in [4.78, 5) is 43.6. The van der Waals surface area contributed by atoms with Crippen LogP contribution >= 0.6 is 0 Å². The smallest absolute Gasteiger partial charge is 0.327 e. The van der Waals surface area contributed by atoms with Gasteiger partial charge in [0.05, 0.1) is 5.39 Å². The number of pyridine rings is 1. The number of nitrogens with one attached hydrogen (secondary N) is 3. The van der Waals surface area contributed by atoms with E-state index in [4.69, 9.17) is 5.73 Å². The summed E-state index contributed by atoms with van der Waals surface area (Å²) in [6.07, 6.45) is 1.61. The summed E-state index contributed by atoms with van der Waals surface area (Å²) in [5, 5.41) is 2.99. The Kier molecular flexibility index (Phi) is 4.49. The summed E-state index contributed by atoms with van der Waals surface area (Å²) in [5.74, 6) is -0.349. The first-order valence-corrected chi connectivity index (χ1v) is 6.65. The minimum atomic E-state index is -0.653. The van der Waals surface area contributed by atoms with Crippen LogP contribution in [0.2, 0.25) is 0 Å². The number of hydrogen-bond donors (Lipinski definition) is 4. The fourth-order valence-corrected chi connectivity index (χ4v) is 2.03. The van der Waals surface area contributed by atoms with Crippen LogP contribution in [0.5, 0.6) is 0 Å². The number of rotatable bonds is 5. The maximum Gasteiger partial charge on any atom is 0.327 e. The lowest BCUT2D eigenvalue weighted by Crippen LogP contribution is -2.27. The van der Waals surface area contributed by atoms with Gasteiger partial charge in [0.25, 0.3) is 11.5 Å². The monoisotopic (exact) mass is 291 g/mol. The second kappa shape index (κ2) is 6.31. The van der Waals surface area contributed by atoms with Gasteiger partial charge in [-0.3, -0.25) is 19.6 Å². The molecule has 2 aromatic rings. The van der Waals surface area contributed by atoms with E-state index in [1.807, 2.05) is 0 Å². The van der Waals surface area contributed by atoms with E-state index in [-0.39, 0.29) is 22.6 Å². The lowest BCUT2D eigenvalue weighted by Gasteiger charge is -2.06. The Morgan fingerprint density at radius 1 is 1.33 bits per heavy atom. The van der Waals surface area contributed by atoms with Crippen molar-refractivity contribution in [2.24, 2.45) is 5.73 Å². The van der Waals surface area contributed by atoms with Crippen molar-refractivity contribution in [3.8, 4) is 0 Å². The fourth-order valence-electron chi connectivity index (χ4n) is 2.03. The Bertz CT molecular complexity index is 777. The van der Waals surface area contributed by atoms with Crippen molar-refractivity contribution < 1.29 is 4.79 Å². The highest BCUT2D eigenvalue weighted by atomic mass is 16.2. The zero-order valence-corrected chi connectivity index (χ0v) is 11.7. The van der Waals surface area contributed by atoms with Crippen LogP contribution in [0.25, 0.3) is 11.0 Å². The second-order valence-electron chi connectivity index (χ2n) is 4.71. The highest BCUT2D eigenvalue weighted by Crippen LogP contribution is 2.10. The molecule has 0 saturated carbocycles. The van der Waals surface area contributed by atoms with Gasteiger partial charge in [0.15, 0.2) is 0 Å². The average Bonchev–Trinajstić information content (AvgIpc) is 2.42. The van der Waals surface area contributed by atoms with E-state index in [1.165, 1.54) is 6.07 Å². The molecule has 2 rings (SSSR count). The van der Waals surface area contributed by atoms with Gasteiger partial charge in [-0.1, -0.05) is 0 Å². The van der Waals surface area contributed by atoms with Crippen molar-refractivity contribution in [1.29, 1.82) is 0 Å². The van der Waals surface area contributed by atoms with E-state index in [0.29, 0.717) is 18.7 Å². The van der Waals surface area contributed by atoms with Crippen LogP contribution in [0.1, 0.15) is 28.9 Å². The number of nitrogens with zero attached hydrogens (tertiary/aromatic N) is 1. The van der Waals surface area contributed by atoms with Gasteiger partial charge in [-0.05, 0) is 37.9 Å². The van der Waals surface area contributed by atoms with Crippen molar-refractivity contribution in [2.75, 3.05) is 13.1 Å². The maximum absolute atomic E-state index is 12.0. The number of carbonyl (C=O) groups is 1. The molecule has 0 aliphatic carbocycles. The van der Waals surface area contributed by atoms with Crippen molar-refractivity contribution in [1.82, 2.24) is 20.3 Å². The molecule has 5 N–H and O–H groups in total. The molecule has 0 bridgehead atoms. The highest BCUT2D eigenvalue weighted by molar-refractivity contribution is 5.95. The summed E-state index contributed by atoms with van der Waals surface area (Å²) in [6.45, 7) is 2.76. The first-order chi connectivity index (χ1) is 10.0. The van der Waals surface area contributed by atoms with E-state index in [1.54, 1.807) is 6.92 Å². The van der Waals surface area contributed by atoms with Crippen LogP contribution in [0.3, 0.4) is 0 Å². The number of aryl methyl sites for hydroxylation is 1. The molecule has 0 fully saturated rings. The molecule has 0 spiro atoms. The van der Waals surface area contributed by atoms with Crippen molar-refractivity contribution in [2.45, 2.75) is 19.8 Å². The van der Waals surface area contributed by atoms with E-state index < -0.39 is 11.2 Å². The molecule has 1 amide bonds. The van der Waals surface area contributed by atoms with Crippen molar-refractivity contribution >= 4 is 16.9 Å². The minimum Gasteiger partial charge on any atom is -0.351 e. The third kappa shape index (κ3) is 3.34. The van der Waals surface area contributed by atoms with Gasteiger partial charge < -0.3 is 11.1 Å². The zero-order chi connectivity index (χ0) is 15.4. The van der Waals surface area contributed by atoms with Gasteiger partial charge in [0.2, 0.25) is 0 Å². The van der Waals surface area contributed by atoms with Crippen LogP contribution in [-0.4, -0.2) is 33.9 Å². The zero-order valence-electron chi connectivity index (χ0n) is 11.7. The fraction of sp³-hybridized carbons (Fsp3) is 0.385. The molecule has 0 saturated heterocycles. The van der Waals surface area contributed by atoms with Gasteiger partial charge in [-0.15, -0.1) is 0 Å². The number of nitrogens with two attached hydrogens (primary N) is 1. The minimum absolute atomic E-state index is 0.107. The SMILES string of the molecule is Cc1cc(C(=O)NCCCCN)nc2[nH]c(=O)[nH]c(=O)c12. The Morgan fingerprint density at radius 3 is 2.81 bits per heavy atom. The molecule has 8 heteroatoms. The molecular weight excluding hydrogens is 274 g/mol. The predicted molar refractivity (Wildman–Crippen MR) is 78.3 cm³/mol. The molecule has 0 aromatic carbocycles. The lowest BCUT2D eigenvalue weighted by atomic mass is 10.1. The standard InChI is InChI=1S/C13H17N5O3/c1-7-6-8(11(19)15-5-3-2-4-14)16-10-9(7)12(20)18-13(21)17-10/h6H,2-5,14H2,1H3,(H,15,19)(H2,16,17,18,20,21). The molecule has 21 heavy (non-hydrogen) atoms. The second-order valence-corrected chi connectivity index (χ2v) is 4.71. The Hall–Kier alpha value is -2.48. The first kappa shape index (κ1) is 14.9. The number of unbranched alkanes of at least 4 members (excludes halogenated alkanes) is 1. The lowest BCUT2D eigenvalue weighted by molar-refractivity contribution is 0.0948. The number of amides is 1. The quantitative estimate of drug-likeness (QED) is 0.545. The Balaban J connectivity index is 2.32. The topological polar surface area (TPSA) is 134 Å². The van der Waals surface area contributed by atoms with Gasteiger partial charge in [-0.2, -0.15) is 0 Å². The number of aromatic amines is 2. The predicted octanol–water partition coefficient (Wildman–Crippen LogP) is -0.611. The maximum atomic E-state index is 12.0. The van der Waals surface area contributed by atoms with E-state index in [2.05, 4.69) is 20.3 Å². The van der Waals surface area contributed by atoms with Crippen LogP contribution < -0.4 is 22.3 Å². The Morgan fingerprint density at radius 2 is 2.10 bits per heavy atom. The molecule has 8 nitrogen and oxygen atoms in total. The number of carbonyl (C=O) groups excluding carboxylic acids is 1. The number of H-pyrrole nitrogens is 2. The molecule has 0 aliphatic rings. The van der Waals surface area contributed by atoms with Gasteiger partial charge in [-0.25, -0.2) is 9.78 Å². The summed E-state index contributed by atoms with van der Waals surface area (Å²) in [7, 11) is 0. The molecule has 0 unspecified atom stereocenters. The van der Waals surface area contributed by atoms with E-state index in [0.717, 1.165) is 12.8 Å². The van der Waals surface area contributed by atoms with Gasteiger partial charge >= 0.3 is 5.69 Å². The van der Waals surface area contributed by atoms with Crippen molar-refractivity contribution in [3.63, 3.8) is 0 Å². The van der Waals surface area contributed by atoms with E-state index >= 15 is 0 Å². The van der Waals surface area contributed by atoms with Crippen LogP contribution in [0, 0.1) is 6.92 Å². The summed E-state index contributed by atoms with van der Waals surface area (Å²) in [5.41, 5.74) is 5.05. The molecule has 0 aliphatic heterocycles. The largest absolute Gasteiger partial charge is 0.351 e. The van der Waals surface area contributed by atoms with E-state index in [9.17, 15) is 14.4 Å². The summed E-state index contributed by atoms with van der Waals surface area (Å²) >= 11 is 0. The van der Waals surface area contributed by atoms with Crippen LogP contribution in [0.4, 0.5) is 0 Å². The van der Waals surface area contributed by atoms with Gasteiger partial charge in [0.1, 0.15) is 11.3 Å². The summed E-state index contributed by atoms with van der Waals surface area (Å²) in [6, 6.07) is 1.52. The van der Waals surface area contributed by atoms with Gasteiger partial charge in [0, 0.05) is 6.54 Å².